The van der Waals surface area contributed by atoms with E-state index < -0.39 is 6.57 Å². The van der Waals surface area contributed by atoms with Crippen molar-refractivity contribution in [3.05, 3.63) is 0 Å². The predicted octanol–water partition coefficient (Wildman–Crippen LogP) is 2.90. The number of rotatable bonds is 5. The monoisotopic (exact) mass is 200 g/mol. The van der Waals surface area contributed by atoms with Crippen molar-refractivity contribution in [1.29, 1.82) is 0 Å². The normalized spacial score (nSPS) is 16.7. The lowest BCUT2D eigenvalue weighted by atomic mass is 10.9. The van der Waals surface area contributed by atoms with Gasteiger partial charge in [0.25, 0.3) is 6.57 Å². The van der Waals surface area contributed by atoms with Crippen LogP contribution in [0.15, 0.2) is 0 Å². The van der Waals surface area contributed by atoms with Crippen LogP contribution in [-0.2, 0) is 9.09 Å². The van der Waals surface area contributed by atoms with Gasteiger partial charge in [-0.25, -0.2) is 0 Å². The lowest BCUT2D eigenvalue weighted by Gasteiger charge is -2.09. The fourth-order valence-electron chi connectivity index (χ4n) is 0.420. The average Bonchev–Trinajstić information content (AvgIpc) is 1.84. The van der Waals surface area contributed by atoms with Crippen LogP contribution in [0.1, 0.15) is 6.92 Å². The highest BCUT2D eigenvalue weighted by Crippen LogP contribution is 2.56. The molecule has 62 valence electrons. The third kappa shape index (κ3) is 5.66. The van der Waals surface area contributed by atoms with E-state index in [1.807, 2.05) is 13.2 Å². The lowest BCUT2D eigenvalue weighted by molar-refractivity contribution is 0.350. The molecule has 10 heavy (non-hydrogen) atoms. The van der Waals surface area contributed by atoms with Crippen LogP contribution in [0, 0.1) is 0 Å². The van der Waals surface area contributed by atoms with Gasteiger partial charge in [0.1, 0.15) is 0 Å². The molecular weight excluding hydrogens is 187 g/mol. The highest BCUT2D eigenvalue weighted by molar-refractivity contribution is 8.58. The minimum atomic E-state index is -2.31. The van der Waals surface area contributed by atoms with Crippen molar-refractivity contribution in [2.24, 2.45) is 0 Å². The Kier molecular flexibility index (Phi) is 6.02. The molecule has 0 aliphatic carbocycles. The van der Waals surface area contributed by atoms with Crippen LogP contribution in [0.2, 0.25) is 0 Å². The molecular formula is C5H13O2PS2. The molecule has 1 atom stereocenters. The maximum absolute atomic E-state index is 11.3. The summed E-state index contributed by atoms with van der Waals surface area (Å²) in [6.45, 7) is 1.74. The molecule has 0 aliphatic heterocycles. The summed E-state index contributed by atoms with van der Waals surface area (Å²) in [5.74, 6) is 0. The van der Waals surface area contributed by atoms with Gasteiger partial charge in [-0.2, -0.15) is 11.8 Å². The second kappa shape index (κ2) is 5.53. The first-order valence-corrected chi connectivity index (χ1v) is 8.03. The van der Waals surface area contributed by atoms with Crippen LogP contribution in [0.25, 0.3) is 0 Å². The van der Waals surface area contributed by atoms with Crippen molar-refractivity contribution in [2.45, 2.75) is 6.92 Å². The molecule has 0 rings (SSSR count). The second-order valence-corrected chi connectivity index (χ2v) is 8.07. The molecule has 0 aromatic rings. The molecule has 0 heterocycles. The quantitative estimate of drug-likeness (QED) is 0.503. The Morgan fingerprint density at radius 3 is 2.60 bits per heavy atom. The van der Waals surface area contributed by atoms with E-state index in [9.17, 15) is 4.57 Å². The number of hydrogen-bond acceptors (Lipinski definition) is 4. The van der Waals surface area contributed by atoms with Gasteiger partial charge in [-0.1, -0.05) is 11.4 Å². The molecule has 0 N–H and O–H groups in total. The zero-order valence-corrected chi connectivity index (χ0v) is 9.02. The van der Waals surface area contributed by atoms with Gasteiger partial charge in [0.15, 0.2) is 0 Å². The molecule has 1 unspecified atom stereocenters. The zero-order valence-electron chi connectivity index (χ0n) is 6.49. The predicted molar refractivity (Wildman–Crippen MR) is 51.1 cm³/mol. The summed E-state index contributed by atoms with van der Waals surface area (Å²) in [7, 11) is 0. The second-order valence-electron chi connectivity index (χ2n) is 1.72. The van der Waals surface area contributed by atoms with E-state index in [0.717, 1.165) is 5.08 Å². The van der Waals surface area contributed by atoms with E-state index in [-0.39, 0.29) is 0 Å². The summed E-state index contributed by atoms with van der Waals surface area (Å²) in [5.41, 5.74) is 0. The van der Waals surface area contributed by atoms with E-state index in [1.165, 1.54) is 11.4 Å². The van der Waals surface area contributed by atoms with Crippen LogP contribution >= 0.6 is 29.7 Å². The third-order valence-electron chi connectivity index (χ3n) is 0.769. The molecule has 0 saturated heterocycles. The number of thioether (sulfide) groups is 1. The Morgan fingerprint density at radius 1 is 1.60 bits per heavy atom. The topological polar surface area (TPSA) is 26.3 Å². The average molecular weight is 200 g/mol. The Balaban J connectivity index is 3.53. The van der Waals surface area contributed by atoms with Crippen molar-refractivity contribution in [1.82, 2.24) is 0 Å². The van der Waals surface area contributed by atoms with Gasteiger partial charge in [0.2, 0.25) is 0 Å². The fourth-order valence-corrected chi connectivity index (χ4v) is 5.36. The van der Waals surface area contributed by atoms with Crippen molar-refractivity contribution < 1.29 is 9.09 Å². The maximum atomic E-state index is 11.3. The van der Waals surface area contributed by atoms with Crippen LogP contribution in [0.5, 0.6) is 0 Å². The Labute approximate surface area is 70.7 Å². The highest BCUT2D eigenvalue weighted by atomic mass is 32.7. The van der Waals surface area contributed by atoms with Crippen molar-refractivity contribution in [3.63, 3.8) is 0 Å². The molecule has 0 fully saturated rings. The molecule has 0 saturated carbocycles. The first-order valence-electron chi connectivity index (χ1n) is 2.98. The van der Waals surface area contributed by atoms with E-state index in [0.29, 0.717) is 6.61 Å². The fraction of sp³-hybridized carbons (Fsp3) is 1.00. The largest absolute Gasteiger partial charge is 0.322 e. The summed E-state index contributed by atoms with van der Waals surface area (Å²) in [4.78, 5) is 0. The Morgan fingerprint density at radius 2 is 2.20 bits per heavy atom. The molecule has 0 aromatic carbocycles. The van der Waals surface area contributed by atoms with Gasteiger partial charge in [-0.05, 0) is 13.2 Å². The Hall–Kier alpha value is 0.890. The minimum absolute atomic E-state index is 0.537. The molecule has 0 spiro atoms. The highest BCUT2D eigenvalue weighted by Gasteiger charge is 2.14. The van der Waals surface area contributed by atoms with E-state index in [1.54, 1.807) is 18.4 Å². The van der Waals surface area contributed by atoms with Crippen LogP contribution in [-0.4, -0.2) is 24.6 Å². The SMILES string of the molecule is CCOP(C)(=O)SCSC. The van der Waals surface area contributed by atoms with Crippen LogP contribution < -0.4 is 0 Å². The smallest absolute Gasteiger partial charge is 0.255 e. The molecule has 0 aliphatic rings. The molecule has 0 aromatic heterocycles. The van der Waals surface area contributed by atoms with Gasteiger partial charge in [0.05, 0.1) is 6.61 Å². The van der Waals surface area contributed by atoms with Crippen molar-refractivity contribution in [2.75, 3.05) is 24.6 Å². The lowest BCUT2D eigenvalue weighted by Crippen LogP contribution is -1.83. The van der Waals surface area contributed by atoms with E-state index >= 15 is 0 Å². The summed E-state index contributed by atoms with van der Waals surface area (Å²) < 4.78 is 16.3. The first kappa shape index (κ1) is 10.9. The van der Waals surface area contributed by atoms with Gasteiger partial charge in [-0.15, -0.1) is 0 Å². The summed E-state index contributed by atoms with van der Waals surface area (Å²) in [6, 6.07) is 0. The zero-order chi connectivity index (χ0) is 8.04. The first-order chi connectivity index (χ1) is 4.62. The van der Waals surface area contributed by atoms with Gasteiger partial charge in [-0.3, -0.25) is 4.57 Å². The summed E-state index contributed by atoms with van der Waals surface area (Å²) in [5, 5.41) is 0.841. The van der Waals surface area contributed by atoms with E-state index in [4.69, 9.17) is 4.52 Å². The van der Waals surface area contributed by atoms with Gasteiger partial charge < -0.3 is 4.52 Å². The third-order valence-corrected chi connectivity index (χ3v) is 6.00. The maximum Gasteiger partial charge on any atom is 0.255 e. The van der Waals surface area contributed by atoms with Crippen molar-refractivity contribution >= 4 is 29.7 Å². The van der Waals surface area contributed by atoms with Crippen LogP contribution in [0.4, 0.5) is 0 Å². The standard InChI is InChI=1S/C5H13O2PS2/c1-4-7-8(2,6)10-5-9-3/h4-5H2,1-3H3. The van der Waals surface area contributed by atoms with Crippen molar-refractivity contribution in [3.8, 4) is 0 Å². The van der Waals surface area contributed by atoms with Crippen LogP contribution in [0.3, 0.4) is 0 Å². The van der Waals surface area contributed by atoms with Gasteiger partial charge >= 0.3 is 0 Å². The minimum Gasteiger partial charge on any atom is -0.322 e. The summed E-state index contributed by atoms with van der Waals surface area (Å²) in [6.07, 6.45) is 1.99. The molecule has 0 amide bonds. The summed E-state index contributed by atoms with van der Waals surface area (Å²) >= 11 is 3.06. The Bertz CT molecular complexity index is 129. The molecule has 5 heteroatoms. The molecule has 0 bridgehead atoms. The van der Waals surface area contributed by atoms with Gasteiger partial charge in [0, 0.05) is 11.7 Å². The molecule has 2 nitrogen and oxygen atoms in total. The molecule has 0 radical (unpaired) electrons. The van der Waals surface area contributed by atoms with E-state index in [2.05, 4.69) is 0 Å². The number of hydrogen-bond donors (Lipinski definition) is 0.